The first-order valence-electron chi connectivity index (χ1n) is 14.9. The van der Waals surface area contributed by atoms with Crippen molar-refractivity contribution in [3.8, 4) is 0 Å². The molecule has 2 aromatic carbocycles. The van der Waals surface area contributed by atoms with E-state index in [1.54, 1.807) is 26.2 Å². The van der Waals surface area contributed by atoms with Crippen LogP contribution in [0.1, 0.15) is 75.6 Å². The van der Waals surface area contributed by atoms with Gasteiger partial charge in [0.25, 0.3) is 0 Å². The van der Waals surface area contributed by atoms with Crippen molar-refractivity contribution in [2.45, 2.75) is 101 Å². The maximum Gasteiger partial charge on any atom is 0.471 e. The number of hydrogen-bond donors (Lipinski definition) is 4. The van der Waals surface area contributed by atoms with Gasteiger partial charge in [0.2, 0.25) is 0 Å². The molecule has 8 nitrogen and oxygen atoms in total. The second-order valence-electron chi connectivity index (χ2n) is 13.9. The van der Waals surface area contributed by atoms with Crippen LogP contribution in [0.2, 0.25) is 0 Å². The number of nitrogens with one attached hydrogen (secondary N) is 2. The Morgan fingerprint density at radius 1 is 0.674 bits per heavy atom. The van der Waals surface area contributed by atoms with Gasteiger partial charge < -0.3 is 30.6 Å². The number of fused-ring (bicyclic) bond motifs is 2. The van der Waals surface area contributed by atoms with Gasteiger partial charge in [0.05, 0.1) is 12.2 Å². The highest BCUT2D eigenvalue weighted by molar-refractivity contribution is 5.97. The van der Waals surface area contributed by atoms with Gasteiger partial charge in [-0.1, -0.05) is 39.8 Å². The quantitative estimate of drug-likeness (QED) is 0.323. The number of hydrogen-bond acceptors (Lipinski definition) is 6. The van der Waals surface area contributed by atoms with Gasteiger partial charge in [-0.2, -0.15) is 26.3 Å². The number of nitrogens with zero attached hydrogens (tertiary/aromatic N) is 2. The number of carbonyl (C=O) groups excluding carboxylic acids is 2. The smallest absolute Gasteiger partial charge is 0.392 e. The highest BCUT2D eigenvalue weighted by Crippen LogP contribution is 2.56. The summed E-state index contributed by atoms with van der Waals surface area (Å²) in [6, 6.07) is 5.73. The van der Waals surface area contributed by atoms with E-state index in [2.05, 4.69) is 0 Å². The molecular formula is C32H38F6N4O4. The number of anilines is 4. The van der Waals surface area contributed by atoms with Crippen molar-refractivity contribution in [1.29, 1.82) is 0 Å². The molecule has 1 aliphatic carbocycles. The van der Waals surface area contributed by atoms with Crippen LogP contribution in [-0.4, -0.2) is 72.8 Å². The molecule has 2 heterocycles. The minimum Gasteiger partial charge on any atom is -0.392 e. The number of rotatable bonds is 4. The number of aliphatic hydroxyl groups is 2. The SMILES string of the molecule is CC1N(C)c2cc(NC(=O)C(F)(F)F)c(C3C(O)C(c4cc5c(cc4NC(=O)C(F)(F)F)N(C)C(C)C5(C)C)C3O)cc2C1(C)C. The van der Waals surface area contributed by atoms with Crippen molar-refractivity contribution in [2.75, 3.05) is 34.5 Å². The maximum absolute atomic E-state index is 13.4. The fraction of sp³-hybridized carbons (Fsp3) is 0.562. The van der Waals surface area contributed by atoms with Gasteiger partial charge >= 0.3 is 24.2 Å². The Bertz CT molecular complexity index is 1480. The number of aliphatic hydroxyl groups excluding tert-OH is 2. The number of carbonyl (C=O) groups is 2. The van der Waals surface area contributed by atoms with E-state index in [-0.39, 0.29) is 34.6 Å². The van der Waals surface area contributed by atoms with Gasteiger partial charge in [0.15, 0.2) is 0 Å². The summed E-state index contributed by atoms with van der Waals surface area (Å²) in [6.07, 6.45) is -13.5. The van der Waals surface area contributed by atoms with Crippen LogP contribution in [0.5, 0.6) is 0 Å². The third-order valence-corrected chi connectivity index (χ3v) is 10.9. The van der Waals surface area contributed by atoms with Crippen LogP contribution in [-0.2, 0) is 20.4 Å². The minimum absolute atomic E-state index is 0.0545. The summed E-state index contributed by atoms with van der Waals surface area (Å²) in [6.45, 7) is 11.6. The summed E-state index contributed by atoms with van der Waals surface area (Å²) < 4.78 is 80.1. The lowest BCUT2D eigenvalue weighted by molar-refractivity contribution is -0.167. The largest absolute Gasteiger partial charge is 0.471 e. The normalized spacial score (nSPS) is 28.0. The van der Waals surface area contributed by atoms with E-state index in [0.29, 0.717) is 11.4 Å². The van der Waals surface area contributed by atoms with Gasteiger partial charge in [0, 0.05) is 71.6 Å². The topological polar surface area (TPSA) is 105 Å². The molecule has 0 aromatic heterocycles. The maximum atomic E-state index is 13.4. The number of alkyl halides is 6. The van der Waals surface area contributed by atoms with Crippen LogP contribution in [0.25, 0.3) is 0 Å². The van der Waals surface area contributed by atoms with Crippen LogP contribution in [0.15, 0.2) is 24.3 Å². The van der Waals surface area contributed by atoms with Crippen LogP contribution >= 0.6 is 0 Å². The van der Waals surface area contributed by atoms with E-state index in [1.807, 2.05) is 62.0 Å². The van der Waals surface area contributed by atoms with Crippen molar-refractivity contribution in [3.63, 3.8) is 0 Å². The third-order valence-electron chi connectivity index (χ3n) is 10.9. The van der Waals surface area contributed by atoms with E-state index in [9.17, 15) is 46.1 Å². The zero-order valence-corrected chi connectivity index (χ0v) is 26.6. The number of amides is 2. The molecule has 2 amide bonds. The van der Waals surface area contributed by atoms with E-state index < -0.39 is 59.0 Å². The number of likely N-dealkylation sites (N-methyl/N-ethyl adjacent to an activating group) is 2. The molecule has 2 atom stereocenters. The summed E-state index contributed by atoms with van der Waals surface area (Å²) >= 11 is 0. The molecule has 2 aromatic rings. The molecule has 252 valence electrons. The van der Waals surface area contributed by atoms with Crippen molar-refractivity contribution < 1.29 is 46.1 Å². The molecular weight excluding hydrogens is 618 g/mol. The molecule has 3 aliphatic rings. The second-order valence-corrected chi connectivity index (χ2v) is 13.9. The molecule has 0 saturated heterocycles. The Hall–Kier alpha value is -3.52. The molecule has 1 fully saturated rings. The fourth-order valence-corrected chi connectivity index (χ4v) is 7.26. The molecule has 2 unspecified atom stereocenters. The first kappa shape index (κ1) is 33.8. The predicted molar refractivity (Wildman–Crippen MR) is 162 cm³/mol. The van der Waals surface area contributed by atoms with E-state index in [0.717, 1.165) is 11.1 Å². The first-order valence-corrected chi connectivity index (χ1v) is 14.9. The first-order chi connectivity index (χ1) is 20.9. The molecule has 0 spiro atoms. The Balaban J connectivity index is 1.62. The molecule has 2 aliphatic heterocycles. The van der Waals surface area contributed by atoms with Crippen molar-refractivity contribution in [3.05, 3.63) is 46.5 Å². The standard InChI is InChI=1S/C32H38F6N4O4/c1-13-29(3,4)17-9-15(19(11-21(17)41(13)7)39-27(45)31(33,34)35)23-25(43)24(26(23)44)16-10-18-22(42(8)14(2)30(18,5)6)12-20(16)40-28(46)32(36,37)38/h9-14,23-26,43-44H,1-8H3,(H,39,45)(H,40,46). The predicted octanol–water partition coefficient (Wildman–Crippen LogP) is 5.52. The fourth-order valence-electron chi connectivity index (χ4n) is 7.26. The summed E-state index contributed by atoms with van der Waals surface area (Å²) in [5.41, 5.74) is 1.16. The molecule has 1 saturated carbocycles. The lowest BCUT2D eigenvalue weighted by Crippen LogP contribution is -2.52. The average molecular weight is 657 g/mol. The Morgan fingerprint density at radius 3 is 1.26 bits per heavy atom. The van der Waals surface area contributed by atoms with Gasteiger partial charge in [-0.05, 0) is 48.2 Å². The van der Waals surface area contributed by atoms with Gasteiger partial charge in [-0.15, -0.1) is 0 Å². The van der Waals surface area contributed by atoms with Crippen LogP contribution in [0, 0.1) is 0 Å². The number of halogens is 6. The zero-order valence-electron chi connectivity index (χ0n) is 26.6. The average Bonchev–Trinajstić information content (AvgIpc) is 3.21. The van der Waals surface area contributed by atoms with Crippen LogP contribution < -0.4 is 20.4 Å². The third kappa shape index (κ3) is 4.99. The molecule has 14 heteroatoms. The minimum atomic E-state index is -5.22. The Labute approximate surface area is 262 Å². The van der Waals surface area contributed by atoms with Crippen molar-refractivity contribution >= 4 is 34.6 Å². The molecule has 0 bridgehead atoms. The van der Waals surface area contributed by atoms with E-state index >= 15 is 0 Å². The highest BCUT2D eigenvalue weighted by atomic mass is 19.4. The number of benzene rings is 2. The Kier molecular flexibility index (Phi) is 7.72. The van der Waals surface area contributed by atoms with E-state index in [4.69, 9.17) is 0 Å². The van der Waals surface area contributed by atoms with Gasteiger partial charge in [-0.25, -0.2) is 0 Å². The summed E-state index contributed by atoms with van der Waals surface area (Å²) in [5, 5.41) is 27.0. The van der Waals surface area contributed by atoms with Crippen molar-refractivity contribution in [2.24, 2.45) is 0 Å². The lowest BCUT2D eigenvalue weighted by Gasteiger charge is -2.48. The van der Waals surface area contributed by atoms with Crippen LogP contribution in [0.4, 0.5) is 49.1 Å². The van der Waals surface area contributed by atoms with E-state index in [1.165, 1.54) is 12.1 Å². The molecule has 5 rings (SSSR count). The summed E-state index contributed by atoms with van der Waals surface area (Å²) in [7, 11) is 3.53. The lowest BCUT2D eigenvalue weighted by atomic mass is 9.61. The molecule has 46 heavy (non-hydrogen) atoms. The highest BCUT2D eigenvalue weighted by Gasteiger charge is 2.54. The van der Waals surface area contributed by atoms with Gasteiger partial charge in [-0.3, -0.25) is 9.59 Å². The van der Waals surface area contributed by atoms with Crippen LogP contribution in [0.3, 0.4) is 0 Å². The summed E-state index contributed by atoms with van der Waals surface area (Å²) in [4.78, 5) is 27.9. The monoisotopic (exact) mass is 656 g/mol. The molecule has 0 radical (unpaired) electrons. The van der Waals surface area contributed by atoms with Crippen molar-refractivity contribution in [1.82, 2.24) is 0 Å². The molecule has 4 N–H and O–H groups in total. The second kappa shape index (κ2) is 10.5. The zero-order chi connectivity index (χ0) is 34.6. The van der Waals surface area contributed by atoms with Gasteiger partial charge in [0.1, 0.15) is 0 Å². The summed E-state index contributed by atoms with van der Waals surface area (Å²) in [5.74, 6) is -6.91. The Morgan fingerprint density at radius 2 is 0.978 bits per heavy atom.